The van der Waals surface area contributed by atoms with E-state index in [2.05, 4.69) is 26.8 Å². The zero-order chi connectivity index (χ0) is 11.0. The molecular formula is C12H20N4. The predicted octanol–water partition coefficient (Wildman–Crippen LogP) is 0.480. The Balaban J connectivity index is 1.72. The predicted molar refractivity (Wildman–Crippen MR) is 63.2 cm³/mol. The van der Waals surface area contributed by atoms with Gasteiger partial charge in [0.25, 0.3) is 0 Å². The van der Waals surface area contributed by atoms with Gasteiger partial charge in [0.2, 0.25) is 0 Å². The van der Waals surface area contributed by atoms with Crippen LogP contribution in [0.25, 0.3) is 0 Å². The van der Waals surface area contributed by atoms with Crippen molar-refractivity contribution in [3.8, 4) is 0 Å². The van der Waals surface area contributed by atoms with E-state index in [1.165, 1.54) is 30.9 Å². The first kappa shape index (κ1) is 10.3. The fourth-order valence-corrected chi connectivity index (χ4v) is 2.91. The van der Waals surface area contributed by atoms with Crippen molar-refractivity contribution in [2.45, 2.75) is 25.9 Å². The number of aromatic nitrogens is 2. The van der Waals surface area contributed by atoms with Crippen molar-refractivity contribution in [2.24, 2.45) is 5.92 Å². The van der Waals surface area contributed by atoms with Crippen LogP contribution < -0.4 is 5.32 Å². The second-order valence-electron chi connectivity index (χ2n) is 5.13. The maximum absolute atomic E-state index is 4.50. The molecule has 2 aliphatic rings. The summed E-state index contributed by atoms with van der Waals surface area (Å²) in [5.74, 6) is 0.818. The highest BCUT2D eigenvalue weighted by molar-refractivity contribution is 5.16. The van der Waals surface area contributed by atoms with Gasteiger partial charge in [0.1, 0.15) is 0 Å². The summed E-state index contributed by atoms with van der Waals surface area (Å²) < 4.78 is 2.39. The van der Waals surface area contributed by atoms with E-state index >= 15 is 0 Å². The van der Waals surface area contributed by atoms with Gasteiger partial charge in [-0.05, 0) is 25.9 Å². The minimum atomic E-state index is 0.818. The lowest BCUT2D eigenvalue weighted by atomic mass is 10.1. The molecule has 3 rings (SSSR count). The van der Waals surface area contributed by atoms with Crippen LogP contribution in [0.5, 0.6) is 0 Å². The van der Waals surface area contributed by atoms with Gasteiger partial charge in [0, 0.05) is 38.3 Å². The molecule has 4 heteroatoms. The van der Waals surface area contributed by atoms with E-state index in [0.29, 0.717) is 0 Å². The van der Waals surface area contributed by atoms with Crippen LogP contribution in [0.15, 0.2) is 6.33 Å². The highest BCUT2D eigenvalue weighted by Crippen LogP contribution is 2.19. The number of nitrogens with zero attached hydrogens (tertiary/aromatic N) is 3. The number of nitrogens with one attached hydrogen (secondary N) is 1. The first-order valence-electron chi connectivity index (χ1n) is 6.25. The number of rotatable bonds is 2. The third-order valence-corrected chi connectivity index (χ3v) is 3.81. The van der Waals surface area contributed by atoms with Crippen LogP contribution in [0.4, 0.5) is 0 Å². The van der Waals surface area contributed by atoms with E-state index in [1.807, 2.05) is 6.33 Å². The molecule has 1 aromatic rings. The molecule has 1 N–H and O–H groups in total. The molecule has 1 saturated heterocycles. The van der Waals surface area contributed by atoms with Crippen molar-refractivity contribution in [1.29, 1.82) is 0 Å². The van der Waals surface area contributed by atoms with E-state index in [1.54, 1.807) is 0 Å². The summed E-state index contributed by atoms with van der Waals surface area (Å²) in [5, 5.41) is 3.37. The molecule has 0 aliphatic carbocycles. The van der Waals surface area contributed by atoms with Crippen molar-refractivity contribution in [1.82, 2.24) is 19.8 Å². The van der Waals surface area contributed by atoms with Gasteiger partial charge in [-0.25, -0.2) is 4.98 Å². The molecule has 0 spiro atoms. The smallest absolute Gasteiger partial charge is 0.0952 e. The lowest BCUT2D eigenvalue weighted by molar-refractivity contribution is 0.375. The van der Waals surface area contributed by atoms with E-state index < -0.39 is 0 Å². The number of imidazole rings is 1. The first-order valence-corrected chi connectivity index (χ1v) is 6.25. The normalized spacial score (nSPS) is 25.9. The molecule has 0 amide bonds. The topological polar surface area (TPSA) is 33.1 Å². The molecule has 0 bridgehead atoms. The van der Waals surface area contributed by atoms with Crippen LogP contribution >= 0.6 is 0 Å². The Morgan fingerprint density at radius 3 is 3.31 bits per heavy atom. The molecule has 1 fully saturated rings. The molecule has 4 nitrogen and oxygen atoms in total. The van der Waals surface area contributed by atoms with Crippen LogP contribution in [-0.2, 0) is 19.5 Å². The van der Waals surface area contributed by atoms with Gasteiger partial charge in [-0.2, -0.15) is 0 Å². The molecule has 16 heavy (non-hydrogen) atoms. The SMILES string of the molecule is CN1CCC(Cn2cnc3c2CCNC3)C1. The minimum absolute atomic E-state index is 0.818. The number of hydrogen-bond acceptors (Lipinski definition) is 3. The van der Waals surface area contributed by atoms with Crippen molar-refractivity contribution in [3.63, 3.8) is 0 Å². The van der Waals surface area contributed by atoms with Crippen molar-refractivity contribution in [3.05, 3.63) is 17.7 Å². The molecule has 88 valence electrons. The highest BCUT2D eigenvalue weighted by Gasteiger charge is 2.22. The maximum Gasteiger partial charge on any atom is 0.0952 e. The molecule has 0 radical (unpaired) electrons. The number of hydrogen-bond donors (Lipinski definition) is 1. The van der Waals surface area contributed by atoms with E-state index in [-0.39, 0.29) is 0 Å². The Hall–Kier alpha value is -0.870. The van der Waals surface area contributed by atoms with E-state index in [4.69, 9.17) is 0 Å². The second-order valence-corrected chi connectivity index (χ2v) is 5.13. The fourth-order valence-electron chi connectivity index (χ4n) is 2.91. The van der Waals surface area contributed by atoms with Crippen LogP contribution in [-0.4, -0.2) is 41.1 Å². The monoisotopic (exact) mass is 220 g/mol. The maximum atomic E-state index is 4.50. The second kappa shape index (κ2) is 4.18. The van der Waals surface area contributed by atoms with Crippen LogP contribution in [0.2, 0.25) is 0 Å². The third-order valence-electron chi connectivity index (χ3n) is 3.81. The van der Waals surface area contributed by atoms with Gasteiger partial charge < -0.3 is 14.8 Å². The number of fused-ring (bicyclic) bond motifs is 1. The van der Waals surface area contributed by atoms with Gasteiger partial charge in [0.05, 0.1) is 12.0 Å². The lowest BCUT2D eigenvalue weighted by Gasteiger charge is -2.17. The molecule has 1 atom stereocenters. The van der Waals surface area contributed by atoms with E-state index in [9.17, 15) is 0 Å². The summed E-state index contributed by atoms with van der Waals surface area (Å²) in [6.45, 7) is 5.71. The van der Waals surface area contributed by atoms with Gasteiger partial charge in [0.15, 0.2) is 0 Å². The summed E-state index contributed by atoms with van der Waals surface area (Å²) in [4.78, 5) is 6.93. The van der Waals surface area contributed by atoms with Gasteiger partial charge >= 0.3 is 0 Å². The summed E-state index contributed by atoms with van der Waals surface area (Å²) in [5.41, 5.74) is 2.73. The zero-order valence-corrected chi connectivity index (χ0v) is 9.95. The lowest BCUT2D eigenvalue weighted by Crippen LogP contribution is -2.26. The number of likely N-dealkylation sites (tertiary alicyclic amines) is 1. The quantitative estimate of drug-likeness (QED) is 0.787. The molecule has 1 aromatic heterocycles. The summed E-state index contributed by atoms with van der Waals surface area (Å²) in [6, 6.07) is 0. The Morgan fingerprint density at radius 1 is 1.56 bits per heavy atom. The summed E-state index contributed by atoms with van der Waals surface area (Å²) >= 11 is 0. The summed E-state index contributed by atoms with van der Waals surface area (Å²) in [6.07, 6.45) is 4.51. The van der Waals surface area contributed by atoms with Crippen LogP contribution in [0.3, 0.4) is 0 Å². The average molecular weight is 220 g/mol. The van der Waals surface area contributed by atoms with Crippen molar-refractivity contribution >= 4 is 0 Å². The zero-order valence-electron chi connectivity index (χ0n) is 9.95. The molecule has 1 unspecified atom stereocenters. The fraction of sp³-hybridized carbons (Fsp3) is 0.750. The first-order chi connectivity index (χ1) is 7.83. The van der Waals surface area contributed by atoms with E-state index in [0.717, 1.165) is 32.0 Å². The Bertz CT molecular complexity index is 371. The largest absolute Gasteiger partial charge is 0.334 e. The van der Waals surface area contributed by atoms with Crippen molar-refractivity contribution in [2.75, 3.05) is 26.7 Å². The molecule has 0 aromatic carbocycles. The standard InChI is InChI=1S/C12H20N4/c1-15-5-3-10(7-15)8-16-9-14-11-6-13-4-2-12(11)16/h9-10,13H,2-8H2,1H3. The molecule has 2 aliphatic heterocycles. The molecule has 0 saturated carbocycles. The third kappa shape index (κ3) is 1.87. The Kier molecular flexibility index (Phi) is 2.69. The minimum Gasteiger partial charge on any atom is -0.334 e. The van der Waals surface area contributed by atoms with Crippen LogP contribution in [0.1, 0.15) is 17.8 Å². The Morgan fingerprint density at radius 2 is 2.50 bits per heavy atom. The van der Waals surface area contributed by atoms with Crippen molar-refractivity contribution < 1.29 is 0 Å². The Labute approximate surface area is 96.7 Å². The van der Waals surface area contributed by atoms with Gasteiger partial charge in [-0.1, -0.05) is 0 Å². The average Bonchev–Trinajstić information content (AvgIpc) is 2.87. The molecule has 3 heterocycles. The summed E-state index contributed by atoms with van der Waals surface area (Å²) in [7, 11) is 2.22. The molecular weight excluding hydrogens is 200 g/mol. The highest BCUT2D eigenvalue weighted by atomic mass is 15.1. The van der Waals surface area contributed by atoms with Gasteiger partial charge in [-0.3, -0.25) is 0 Å². The van der Waals surface area contributed by atoms with Crippen LogP contribution in [0, 0.1) is 5.92 Å². The van der Waals surface area contributed by atoms with Gasteiger partial charge in [-0.15, -0.1) is 0 Å².